The molecule has 86 valence electrons. The van der Waals surface area contributed by atoms with E-state index in [1.54, 1.807) is 13.0 Å². The van der Waals surface area contributed by atoms with E-state index in [4.69, 9.17) is 4.74 Å². The smallest absolute Gasteiger partial charge is 0.126 e. The maximum atomic E-state index is 13.2. The largest absolute Gasteiger partial charge is 0.494 e. The zero-order valence-electron chi connectivity index (χ0n) is 9.68. The topological polar surface area (TPSA) is 9.23 Å². The molecule has 0 aromatic rings. The molecule has 2 heteroatoms. The summed E-state index contributed by atoms with van der Waals surface area (Å²) in [6.45, 7) is 13.6. The molecule has 0 amide bonds. The van der Waals surface area contributed by atoms with E-state index in [0.29, 0.717) is 23.5 Å². The van der Waals surface area contributed by atoms with E-state index in [1.807, 2.05) is 0 Å². The van der Waals surface area contributed by atoms with Crippen LogP contribution in [0.3, 0.4) is 0 Å². The summed E-state index contributed by atoms with van der Waals surface area (Å²) >= 11 is 0. The summed E-state index contributed by atoms with van der Waals surface area (Å²) in [4.78, 5) is 0. The quantitative estimate of drug-likeness (QED) is 0.647. The van der Waals surface area contributed by atoms with Crippen molar-refractivity contribution < 1.29 is 9.13 Å². The lowest BCUT2D eigenvalue weighted by atomic mass is 10.00. The Labute approximate surface area is 96.3 Å². The Morgan fingerprint density at radius 1 is 1.44 bits per heavy atom. The van der Waals surface area contributed by atoms with Gasteiger partial charge in [-0.3, -0.25) is 0 Å². The standard InChI is InChI=1S/C14H17FO/c1-5-14(15)11(3)10(2)9-13-7-6-8-16-12(13)4/h5,9H,2-4,6-8H2,1H3. The highest BCUT2D eigenvalue weighted by molar-refractivity contribution is 5.48. The highest BCUT2D eigenvalue weighted by Gasteiger charge is 2.12. The van der Waals surface area contributed by atoms with Crippen molar-refractivity contribution in [2.24, 2.45) is 0 Å². The molecule has 16 heavy (non-hydrogen) atoms. The van der Waals surface area contributed by atoms with Crippen LogP contribution in [0.4, 0.5) is 4.39 Å². The van der Waals surface area contributed by atoms with E-state index in [0.717, 1.165) is 18.4 Å². The number of hydrogen-bond donors (Lipinski definition) is 0. The number of halogens is 1. The molecule has 1 aliphatic rings. The van der Waals surface area contributed by atoms with E-state index < -0.39 is 0 Å². The number of allylic oxidation sites excluding steroid dienone is 6. The second-order valence-electron chi connectivity index (χ2n) is 3.69. The van der Waals surface area contributed by atoms with E-state index in [1.165, 1.54) is 6.08 Å². The van der Waals surface area contributed by atoms with E-state index in [2.05, 4.69) is 19.7 Å². The molecule has 1 fully saturated rings. The molecule has 0 N–H and O–H groups in total. The predicted molar refractivity (Wildman–Crippen MR) is 65.6 cm³/mol. The van der Waals surface area contributed by atoms with Crippen molar-refractivity contribution in [2.75, 3.05) is 6.61 Å². The summed E-state index contributed by atoms with van der Waals surface area (Å²) in [6, 6.07) is 0. The van der Waals surface area contributed by atoms with Gasteiger partial charge in [0.15, 0.2) is 0 Å². The summed E-state index contributed by atoms with van der Waals surface area (Å²) < 4.78 is 18.6. The third-order valence-electron chi connectivity index (χ3n) is 2.50. The summed E-state index contributed by atoms with van der Waals surface area (Å²) in [6.07, 6.45) is 5.02. The van der Waals surface area contributed by atoms with Crippen LogP contribution in [0.1, 0.15) is 19.8 Å². The SMILES string of the molecule is C=C(C=C1CCCOC1=C)C(=C)C(F)=CC. The van der Waals surface area contributed by atoms with Gasteiger partial charge in [0, 0.05) is 5.57 Å². The fourth-order valence-electron chi connectivity index (χ4n) is 1.47. The van der Waals surface area contributed by atoms with Gasteiger partial charge in [0.05, 0.1) is 6.61 Å². The van der Waals surface area contributed by atoms with Gasteiger partial charge in [0.2, 0.25) is 0 Å². The van der Waals surface area contributed by atoms with Crippen molar-refractivity contribution >= 4 is 0 Å². The van der Waals surface area contributed by atoms with Crippen molar-refractivity contribution in [1.29, 1.82) is 0 Å². The van der Waals surface area contributed by atoms with Gasteiger partial charge in [0.1, 0.15) is 11.6 Å². The number of rotatable bonds is 3. The molecule has 0 radical (unpaired) electrons. The van der Waals surface area contributed by atoms with Gasteiger partial charge < -0.3 is 4.74 Å². The molecule has 1 saturated heterocycles. The van der Waals surface area contributed by atoms with Crippen LogP contribution >= 0.6 is 0 Å². The van der Waals surface area contributed by atoms with Gasteiger partial charge in [-0.05, 0) is 37.0 Å². The highest BCUT2D eigenvalue weighted by Crippen LogP contribution is 2.26. The maximum Gasteiger partial charge on any atom is 0.126 e. The summed E-state index contributed by atoms with van der Waals surface area (Å²) in [5.74, 6) is 0.310. The molecule has 0 unspecified atom stereocenters. The van der Waals surface area contributed by atoms with Crippen LogP contribution in [0.15, 0.2) is 60.2 Å². The zero-order chi connectivity index (χ0) is 12.1. The summed E-state index contributed by atoms with van der Waals surface area (Å²) in [5, 5.41) is 0. The predicted octanol–water partition coefficient (Wildman–Crippen LogP) is 4.22. The fourth-order valence-corrected chi connectivity index (χ4v) is 1.47. The fraction of sp³-hybridized carbons (Fsp3) is 0.286. The molecule has 0 atom stereocenters. The normalized spacial score (nSPS) is 19.5. The molecule has 0 bridgehead atoms. The minimum absolute atomic E-state index is 0.313. The van der Waals surface area contributed by atoms with Crippen molar-refractivity contribution in [2.45, 2.75) is 19.8 Å². The molecule has 0 aromatic carbocycles. The lowest BCUT2D eigenvalue weighted by Crippen LogP contribution is -2.05. The summed E-state index contributed by atoms with van der Waals surface area (Å²) in [7, 11) is 0. The average molecular weight is 220 g/mol. The Balaban J connectivity index is 2.79. The Hall–Kier alpha value is -1.57. The molecule has 0 aliphatic carbocycles. The molecule has 1 heterocycles. The molecule has 1 rings (SSSR count). The van der Waals surface area contributed by atoms with E-state index in [9.17, 15) is 4.39 Å². The molecule has 0 spiro atoms. The maximum absolute atomic E-state index is 13.2. The van der Waals surface area contributed by atoms with Crippen LogP contribution in [-0.4, -0.2) is 6.61 Å². The second-order valence-corrected chi connectivity index (χ2v) is 3.69. The molecule has 0 aromatic heterocycles. The Bertz CT molecular complexity index is 386. The van der Waals surface area contributed by atoms with E-state index in [-0.39, 0.29) is 5.83 Å². The monoisotopic (exact) mass is 220 g/mol. The average Bonchev–Trinajstić information content (AvgIpc) is 2.30. The van der Waals surface area contributed by atoms with Gasteiger partial charge in [0.25, 0.3) is 0 Å². The highest BCUT2D eigenvalue weighted by atomic mass is 19.1. The molecule has 1 aliphatic heterocycles. The van der Waals surface area contributed by atoms with Gasteiger partial charge in [-0.25, -0.2) is 4.39 Å². The van der Waals surface area contributed by atoms with Crippen molar-refractivity contribution in [3.8, 4) is 0 Å². The summed E-state index contributed by atoms with van der Waals surface area (Å²) in [5.41, 5.74) is 1.85. The van der Waals surface area contributed by atoms with Crippen LogP contribution in [-0.2, 0) is 4.74 Å². The molecular formula is C14H17FO. The molecule has 1 nitrogen and oxygen atoms in total. The van der Waals surface area contributed by atoms with Crippen LogP contribution in [0.2, 0.25) is 0 Å². The molecular weight excluding hydrogens is 203 g/mol. The lowest BCUT2D eigenvalue weighted by molar-refractivity contribution is 0.195. The van der Waals surface area contributed by atoms with E-state index >= 15 is 0 Å². The first kappa shape index (κ1) is 12.5. The van der Waals surface area contributed by atoms with Crippen molar-refractivity contribution in [3.63, 3.8) is 0 Å². The van der Waals surface area contributed by atoms with Crippen molar-refractivity contribution in [1.82, 2.24) is 0 Å². The van der Waals surface area contributed by atoms with Gasteiger partial charge >= 0.3 is 0 Å². The lowest BCUT2D eigenvalue weighted by Gasteiger charge is -2.18. The first-order chi connectivity index (χ1) is 7.56. The minimum Gasteiger partial charge on any atom is -0.494 e. The third kappa shape index (κ3) is 2.96. The third-order valence-corrected chi connectivity index (χ3v) is 2.50. The van der Waals surface area contributed by atoms with Crippen LogP contribution in [0.5, 0.6) is 0 Å². The van der Waals surface area contributed by atoms with Crippen LogP contribution in [0.25, 0.3) is 0 Å². The van der Waals surface area contributed by atoms with Gasteiger partial charge in [-0.2, -0.15) is 0 Å². The molecule has 0 saturated carbocycles. The number of hydrogen-bond acceptors (Lipinski definition) is 1. The Kier molecular flexibility index (Phi) is 4.29. The zero-order valence-corrected chi connectivity index (χ0v) is 9.68. The minimum atomic E-state index is -0.343. The van der Waals surface area contributed by atoms with Crippen molar-refractivity contribution in [3.05, 3.63) is 60.2 Å². The van der Waals surface area contributed by atoms with Crippen LogP contribution in [0, 0.1) is 0 Å². The van der Waals surface area contributed by atoms with Crippen LogP contribution < -0.4 is 0 Å². The number of ether oxygens (including phenoxy) is 1. The Morgan fingerprint density at radius 2 is 2.12 bits per heavy atom. The Morgan fingerprint density at radius 3 is 2.69 bits per heavy atom. The second kappa shape index (κ2) is 5.50. The van der Waals surface area contributed by atoms with Gasteiger partial charge in [-0.15, -0.1) is 0 Å². The van der Waals surface area contributed by atoms with Gasteiger partial charge in [-0.1, -0.05) is 25.8 Å². The first-order valence-corrected chi connectivity index (χ1v) is 5.29. The first-order valence-electron chi connectivity index (χ1n) is 5.29.